The van der Waals surface area contributed by atoms with Crippen LogP contribution in [0.4, 0.5) is 0 Å². The number of β-amino-alcohol motifs (C(OH)–C–C–N with tert-alkyl or cyclic N) is 1. The van der Waals surface area contributed by atoms with Gasteiger partial charge in [-0.1, -0.05) is 24.3 Å². The number of carbonyl (C=O) groups excluding carboxylic acids is 3. The van der Waals surface area contributed by atoms with Gasteiger partial charge in [0.25, 0.3) is 17.7 Å². The molecular formula is C30H34N6O5. The van der Waals surface area contributed by atoms with E-state index in [1.165, 1.54) is 7.11 Å². The number of carbonyl (C=O) groups is 3. The number of fused-ring (bicyclic) bond motifs is 3. The van der Waals surface area contributed by atoms with Gasteiger partial charge < -0.3 is 25.0 Å². The zero-order valence-corrected chi connectivity index (χ0v) is 23.0. The topological polar surface area (TPSA) is 138 Å². The Morgan fingerprint density at radius 2 is 1.39 bits per heavy atom. The number of methoxy groups -OCH3 is 1. The zero-order chi connectivity index (χ0) is 29.2. The molecule has 0 spiro atoms. The monoisotopic (exact) mass is 558 g/mol. The van der Waals surface area contributed by atoms with E-state index in [1.54, 1.807) is 34.5 Å². The molecule has 11 heteroatoms. The lowest BCUT2D eigenvalue weighted by molar-refractivity contribution is -0.0864. The van der Waals surface area contributed by atoms with Crippen molar-refractivity contribution >= 4 is 17.7 Å². The predicted octanol–water partition coefficient (Wildman–Crippen LogP) is 1.68. The summed E-state index contributed by atoms with van der Waals surface area (Å²) >= 11 is 0. The maximum atomic E-state index is 12.0. The SMILES string of the molecule is C=CCN1CCc2cccnc2C1=O.COC(O)CN1CCc2cccnc2C1=O.O=C1NCCc2cccnc21. The van der Waals surface area contributed by atoms with E-state index < -0.39 is 6.29 Å². The van der Waals surface area contributed by atoms with Crippen molar-refractivity contribution in [3.63, 3.8) is 0 Å². The number of hydrogen-bond donors (Lipinski definition) is 2. The van der Waals surface area contributed by atoms with Crippen LogP contribution < -0.4 is 5.32 Å². The zero-order valence-electron chi connectivity index (χ0n) is 23.0. The smallest absolute Gasteiger partial charge is 0.273 e. The summed E-state index contributed by atoms with van der Waals surface area (Å²) in [5, 5.41) is 12.1. The molecule has 0 fully saturated rings. The van der Waals surface area contributed by atoms with Crippen LogP contribution in [0.1, 0.15) is 48.2 Å². The minimum Gasteiger partial charge on any atom is -0.366 e. The largest absolute Gasteiger partial charge is 0.366 e. The van der Waals surface area contributed by atoms with Crippen molar-refractivity contribution in [1.82, 2.24) is 30.1 Å². The van der Waals surface area contributed by atoms with E-state index in [1.807, 2.05) is 36.4 Å². The summed E-state index contributed by atoms with van der Waals surface area (Å²) in [5.74, 6) is -0.170. The van der Waals surface area contributed by atoms with Gasteiger partial charge in [0.2, 0.25) is 0 Å². The van der Waals surface area contributed by atoms with Gasteiger partial charge in [-0.25, -0.2) is 0 Å². The Morgan fingerprint density at radius 3 is 1.93 bits per heavy atom. The summed E-state index contributed by atoms with van der Waals surface area (Å²) in [5.41, 5.74) is 4.74. The maximum Gasteiger partial charge on any atom is 0.273 e. The molecule has 0 aliphatic carbocycles. The lowest BCUT2D eigenvalue weighted by Gasteiger charge is -2.28. The highest BCUT2D eigenvalue weighted by molar-refractivity contribution is 5.95. The van der Waals surface area contributed by atoms with E-state index in [0.717, 1.165) is 49.0 Å². The molecule has 3 aromatic heterocycles. The predicted molar refractivity (Wildman–Crippen MR) is 151 cm³/mol. The van der Waals surface area contributed by atoms with Crippen molar-refractivity contribution in [2.75, 3.05) is 39.8 Å². The molecule has 1 atom stereocenters. The fourth-order valence-electron chi connectivity index (χ4n) is 4.69. The number of aliphatic hydroxyl groups excluding tert-OH is 1. The second kappa shape index (κ2) is 14.2. The highest BCUT2D eigenvalue weighted by Gasteiger charge is 2.27. The van der Waals surface area contributed by atoms with Crippen LogP contribution in [0.5, 0.6) is 0 Å². The molecule has 2 N–H and O–H groups in total. The van der Waals surface area contributed by atoms with E-state index in [-0.39, 0.29) is 24.3 Å². The normalized spacial score (nSPS) is 16.0. The number of nitrogens with zero attached hydrogens (tertiary/aromatic N) is 5. The summed E-state index contributed by atoms with van der Waals surface area (Å²) in [6.07, 6.45) is 8.27. The van der Waals surface area contributed by atoms with E-state index in [2.05, 4.69) is 26.8 Å². The third-order valence-corrected chi connectivity index (χ3v) is 6.85. The van der Waals surface area contributed by atoms with Gasteiger partial charge in [-0.05, 0) is 54.2 Å². The van der Waals surface area contributed by atoms with Crippen LogP contribution >= 0.6 is 0 Å². The van der Waals surface area contributed by atoms with E-state index in [0.29, 0.717) is 30.2 Å². The first-order valence-corrected chi connectivity index (χ1v) is 13.4. The average molecular weight is 559 g/mol. The maximum absolute atomic E-state index is 12.0. The Labute approximate surface area is 238 Å². The molecule has 6 heterocycles. The third kappa shape index (κ3) is 7.38. The van der Waals surface area contributed by atoms with Gasteiger partial charge in [-0.15, -0.1) is 6.58 Å². The third-order valence-electron chi connectivity index (χ3n) is 6.85. The first-order valence-electron chi connectivity index (χ1n) is 13.4. The molecule has 0 radical (unpaired) electrons. The fourth-order valence-corrected chi connectivity index (χ4v) is 4.69. The number of nitrogens with one attached hydrogen (secondary N) is 1. The Balaban J connectivity index is 0.000000144. The van der Waals surface area contributed by atoms with E-state index >= 15 is 0 Å². The molecule has 0 aromatic carbocycles. The molecule has 0 bridgehead atoms. The van der Waals surface area contributed by atoms with Gasteiger partial charge in [0, 0.05) is 51.9 Å². The molecule has 1 unspecified atom stereocenters. The van der Waals surface area contributed by atoms with Crippen molar-refractivity contribution < 1.29 is 24.2 Å². The summed E-state index contributed by atoms with van der Waals surface area (Å²) in [4.78, 5) is 50.4. The number of aliphatic hydroxyl groups is 1. The number of amides is 3. The molecule has 0 saturated heterocycles. The molecule has 214 valence electrons. The second-order valence-corrected chi connectivity index (χ2v) is 9.52. The Hall–Kier alpha value is -4.48. The Bertz CT molecular complexity index is 1400. The second-order valence-electron chi connectivity index (χ2n) is 9.52. The standard InChI is InChI=1S/C11H14N2O3.C11H12N2O.C8H8N2O/c1-16-9(14)7-13-6-4-8-3-2-5-12-10(8)11(13)15;1-2-7-13-8-5-9-4-3-6-12-10(9)11(13)14;11-8-7-6(3-5-10-8)2-1-4-9-7/h2-3,5,9,14H,4,6-7H2,1H3;2-4,6H,1,5,7-8H2;1-2,4H,3,5H2,(H,10,11). The fraction of sp³-hybridized carbons (Fsp3) is 0.333. The Morgan fingerprint density at radius 1 is 0.878 bits per heavy atom. The van der Waals surface area contributed by atoms with Crippen molar-refractivity contribution in [1.29, 1.82) is 0 Å². The molecule has 0 saturated carbocycles. The van der Waals surface area contributed by atoms with Gasteiger partial charge in [0.1, 0.15) is 17.1 Å². The van der Waals surface area contributed by atoms with Crippen LogP contribution in [-0.2, 0) is 24.0 Å². The number of pyridine rings is 3. The lowest BCUT2D eigenvalue weighted by Crippen LogP contribution is -2.43. The summed E-state index contributed by atoms with van der Waals surface area (Å²) in [6, 6.07) is 11.4. The minimum absolute atomic E-state index is 0.0201. The number of hydrogen-bond acceptors (Lipinski definition) is 8. The van der Waals surface area contributed by atoms with E-state index in [9.17, 15) is 19.5 Å². The highest BCUT2D eigenvalue weighted by Crippen LogP contribution is 2.17. The molecule has 3 aliphatic rings. The first-order chi connectivity index (χ1) is 19.9. The van der Waals surface area contributed by atoms with Crippen molar-refractivity contribution in [3.05, 3.63) is 101 Å². The van der Waals surface area contributed by atoms with Gasteiger partial charge in [0.05, 0.1) is 6.54 Å². The summed E-state index contributed by atoms with van der Waals surface area (Å²) < 4.78 is 4.73. The summed E-state index contributed by atoms with van der Waals surface area (Å²) in [7, 11) is 1.41. The molecule has 6 rings (SSSR count). The van der Waals surface area contributed by atoms with Gasteiger partial charge in [-0.2, -0.15) is 0 Å². The molecule has 3 amide bonds. The number of rotatable bonds is 5. The van der Waals surface area contributed by atoms with Crippen LogP contribution in [0.3, 0.4) is 0 Å². The molecule has 3 aromatic rings. The van der Waals surface area contributed by atoms with Crippen LogP contribution in [-0.4, -0.2) is 93.7 Å². The van der Waals surface area contributed by atoms with Crippen LogP contribution in [0.2, 0.25) is 0 Å². The average Bonchev–Trinajstić information content (AvgIpc) is 3.01. The van der Waals surface area contributed by atoms with Crippen molar-refractivity contribution in [2.24, 2.45) is 0 Å². The Kier molecular flexibility index (Phi) is 10.2. The van der Waals surface area contributed by atoms with Crippen LogP contribution in [0.15, 0.2) is 67.6 Å². The van der Waals surface area contributed by atoms with Gasteiger partial charge in [-0.3, -0.25) is 29.3 Å². The van der Waals surface area contributed by atoms with Crippen molar-refractivity contribution in [2.45, 2.75) is 25.6 Å². The highest BCUT2D eigenvalue weighted by atomic mass is 16.6. The molecule has 11 nitrogen and oxygen atoms in total. The lowest BCUT2D eigenvalue weighted by atomic mass is 10.0. The van der Waals surface area contributed by atoms with Gasteiger partial charge >= 0.3 is 0 Å². The number of aromatic nitrogens is 3. The van der Waals surface area contributed by atoms with E-state index in [4.69, 9.17) is 4.74 Å². The van der Waals surface area contributed by atoms with Crippen LogP contribution in [0, 0.1) is 0 Å². The minimum atomic E-state index is -0.936. The van der Waals surface area contributed by atoms with Crippen molar-refractivity contribution in [3.8, 4) is 0 Å². The summed E-state index contributed by atoms with van der Waals surface area (Å²) in [6.45, 7) is 6.52. The molecule has 3 aliphatic heterocycles. The molecular weight excluding hydrogens is 524 g/mol. The number of ether oxygens (including phenoxy) is 1. The quantitative estimate of drug-likeness (QED) is 0.356. The molecule has 41 heavy (non-hydrogen) atoms. The van der Waals surface area contributed by atoms with Crippen LogP contribution in [0.25, 0.3) is 0 Å². The first kappa shape index (κ1) is 29.5. The van der Waals surface area contributed by atoms with Gasteiger partial charge in [0.15, 0.2) is 6.29 Å².